The average Bonchev–Trinajstić information content (AvgIpc) is 2.89. The van der Waals surface area contributed by atoms with Gasteiger partial charge >= 0.3 is 0 Å². The van der Waals surface area contributed by atoms with Gasteiger partial charge in [-0.05, 0) is 48.9 Å². The maximum absolute atomic E-state index is 13.2. The third-order valence-electron chi connectivity index (χ3n) is 5.06. The largest absolute Gasteiger partial charge is 0.342 e. The van der Waals surface area contributed by atoms with Crippen molar-refractivity contribution in [3.63, 3.8) is 0 Å². The van der Waals surface area contributed by atoms with E-state index in [2.05, 4.69) is 12.1 Å². The normalized spacial score (nSPS) is 18.0. The molecule has 0 radical (unpaired) electrons. The van der Waals surface area contributed by atoms with E-state index in [1.165, 1.54) is 17.7 Å². The lowest BCUT2D eigenvalue weighted by molar-refractivity contribution is -0.131. The molecular weight excluding hydrogens is 313 g/mol. The molecular formula is C22H26FNO. The summed E-state index contributed by atoms with van der Waals surface area (Å²) >= 11 is 0. The van der Waals surface area contributed by atoms with Crippen LogP contribution in [-0.4, -0.2) is 23.9 Å². The lowest BCUT2D eigenvalue weighted by atomic mass is 9.94. The summed E-state index contributed by atoms with van der Waals surface area (Å²) in [6, 6.07) is 17.1. The second kappa shape index (κ2) is 8.80. The summed E-state index contributed by atoms with van der Waals surface area (Å²) in [5.74, 6) is 0.373. The first kappa shape index (κ1) is 17.7. The Hall–Kier alpha value is -2.16. The first-order valence-electron chi connectivity index (χ1n) is 9.29. The number of hydrogen-bond donors (Lipinski definition) is 0. The van der Waals surface area contributed by atoms with E-state index < -0.39 is 0 Å². The third kappa shape index (κ3) is 5.15. The van der Waals surface area contributed by atoms with Crippen molar-refractivity contribution in [1.82, 2.24) is 4.90 Å². The van der Waals surface area contributed by atoms with Crippen LogP contribution < -0.4 is 0 Å². The smallest absolute Gasteiger partial charge is 0.222 e. The predicted molar refractivity (Wildman–Crippen MR) is 99.0 cm³/mol. The van der Waals surface area contributed by atoms with Crippen LogP contribution >= 0.6 is 0 Å². The lowest BCUT2D eigenvalue weighted by Gasteiger charge is -2.25. The molecule has 25 heavy (non-hydrogen) atoms. The van der Waals surface area contributed by atoms with Gasteiger partial charge in [0.15, 0.2) is 0 Å². The predicted octanol–water partition coefficient (Wildman–Crippen LogP) is 4.94. The van der Waals surface area contributed by atoms with Crippen LogP contribution in [0.25, 0.3) is 0 Å². The van der Waals surface area contributed by atoms with Crippen molar-refractivity contribution in [2.75, 3.05) is 13.1 Å². The van der Waals surface area contributed by atoms with E-state index in [9.17, 15) is 9.18 Å². The van der Waals surface area contributed by atoms with Crippen LogP contribution in [-0.2, 0) is 11.2 Å². The highest BCUT2D eigenvalue weighted by Gasteiger charge is 2.22. The maximum atomic E-state index is 13.2. The number of carbonyl (C=O) groups is 1. The molecule has 3 heteroatoms. The van der Waals surface area contributed by atoms with Crippen molar-refractivity contribution >= 4 is 5.91 Å². The van der Waals surface area contributed by atoms with Crippen LogP contribution in [0.3, 0.4) is 0 Å². The first-order chi connectivity index (χ1) is 12.2. The molecule has 0 aromatic heterocycles. The van der Waals surface area contributed by atoms with Crippen LogP contribution in [0.15, 0.2) is 54.6 Å². The van der Waals surface area contributed by atoms with Gasteiger partial charge in [-0.1, -0.05) is 48.9 Å². The minimum absolute atomic E-state index is 0.203. The van der Waals surface area contributed by atoms with E-state index in [4.69, 9.17) is 0 Å². The molecule has 0 spiro atoms. The molecule has 2 aromatic rings. The summed E-state index contributed by atoms with van der Waals surface area (Å²) in [5, 5.41) is 0. The molecule has 1 heterocycles. The number of aryl methyl sites for hydroxylation is 1. The number of likely N-dealkylation sites (tertiary alicyclic amines) is 1. The highest BCUT2D eigenvalue weighted by atomic mass is 19.1. The van der Waals surface area contributed by atoms with Crippen molar-refractivity contribution < 1.29 is 9.18 Å². The summed E-state index contributed by atoms with van der Waals surface area (Å²) in [6.07, 6.45) is 5.69. The van der Waals surface area contributed by atoms with Crippen molar-refractivity contribution in [3.8, 4) is 0 Å². The van der Waals surface area contributed by atoms with Gasteiger partial charge in [0, 0.05) is 25.4 Å². The zero-order valence-electron chi connectivity index (χ0n) is 14.7. The molecule has 0 aliphatic carbocycles. The molecule has 1 saturated heterocycles. The Morgan fingerprint density at radius 3 is 2.56 bits per heavy atom. The van der Waals surface area contributed by atoms with Crippen molar-refractivity contribution in [2.45, 2.75) is 44.4 Å². The Labute approximate surface area is 149 Å². The Morgan fingerprint density at radius 1 is 1.04 bits per heavy atom. The second-order valence-corrected chi connectivity index (χ2v) is 6.92. The molecule has 0 bridgehead atoms. The molecule has 2 nitrogen and oxygen atoms in total. The van der Waals surface area contributed by atoms with E-state index in [1.807, 2.05) is 35.2 Å². The highest BCUT2D eigenvalue weighted by molar-refractivity contribution is 5.76. The van der Waals surface area contributed by atoms with E-state index in [0.717, 1.165) is 50.8 Å². The Balaban J connectivity index is 1.54. The molecule has 1 atom stereocenters. The van der Waals surface area contributed by atoms with Crippen molar-refractivity contribution in [2.24, 2.45) is 0 Å². The molecule has 0 saturated carbocycles. The number of benzene rings is 2. The summed E-state index contributed by atoms with van der Waals surface area (Å²) in [7, 11) is 0. The fourth-order valence-corrected chi connectivity index (χ4v) is 3.62. The van der Waals surface area contributed by atoms with Gasteiger partial charge in [0.2, 0.25) is 5.91 Å². The number of halogens is 1. The van der Waals surface area contributed by atoms with Crippen molar-refractivity contribution in [1.29, 1.82) is 0 Å². The van der Waals surface area contributed by atoms with Crippen molar-refractivity contribution in [3.05, 3.63) is 71.5 Å². The number of rotatable bonds is 5. The zero-order valence-corrected chi connectivity index (χ0v) is 14.7. The molecule has 1 amide bonds. The minimum Gasteiger partial charge on any atom is -0.342 e. The van der Waals surface area contributed by atoms with Crippen LogP contribution in [0.4, 0.5) is 4.39 Å². The van der Waals surface area contributed by atoms with Gasteiger partial charge < -0.3 is 4.90 Å². The SMILES string of the molecule is O=C(CCCc1ccccc1)N1CCCCC(c2ccc(F)cc2)C1. The topological polar surface area (TPSA) is 20.3 Å². The van der Waals surface area contributed by atoms with Gasteiger partial charge in [0.25, 0.3) is 0 Å². The summed E-state index contributed by atoms with van der Waals surface area (Å²) in [4.78, 5) is 14.7. The van der Waals surface area contributed by atoms with E-state index in [1.54, 1.807) is 0 Å². The number of amides is 1. The second-order valence-electron chi connectivity index (χ2n) is 6.92. The Morgan fingerprint density at radius 2 is 1.80 bits per heavy atom. The number of nitrogens with zero attached hydrogens (tertiary/aromatic N) is 1. The quantitative estimate of drug-likeness (QED) is 0.755. The molecule has 1 fully saturated rings. The van der Waals surface area contributed by atoms with Crippen LogP contribution in [0, 0.1) is 5.82 Å². The summed E-state index contributed by atoms with van der Waals surface area (Å²) < 4.78 is 13.2. The summed E-state index contributed by atoms with van der Waals surface area (Å²) in [6.45, 7) is 1.61. The molecule has 1 aliphatic heterocycles. The third-order valence-corrected chi connectivity index (χ3v) is 5.06. The fourth-order valence-electron chi connectivity index (χ4n) is 3.62. The minimum atomic E-state index is -0.203. The molecule has 3 rings (SSSR count). The first-order valence-corrected chi connectivity index (χ1v) is 9.29. The average molecular weight is 339 g/mol. The van der Waals surface area contributed by atoms with E-state index in [0.29, 0.717) is 12.3 Å². The van der Waals surface area contributed by atoms with Gasteiger partial charge in [-0.2, -0.15) is 0 Å². The van der Waals surface area contributed by atoms with Crippen LogP contribution in [0.2, 0.25) is 0 Å². The maximum Gasteiger partial charge on any atom is 0.222 e. The molecule has 2 aromatic carbocycles. The van der Waals surface area contributed by atoms with Gasteiger partial charge in [-0.25, -0.2) is 4.39 Å². The van der Waals surface area contributed by atoms with Gasteiger partial charge in [-0.3, -0.25) is 4.79 Å². The zero-order chi connectivity index (χ0) is 17.5. The van der Waals surface area contributed by atoms with Crippen LogP contribution in [0.5, 0.6) is 0 Å². The van der Waals surface area contributed by atoms with Gasteiger partial charge in [0.1, 0.15) is 5.82 Å². The van der Waals surface area contributed by atoms with E-state index in [-0.39, 0.29) is 11.7 Å². The molecule has 0 N–H and O–H groups in total. The number of hydrogen-bond acceptors (Lipinski definition) is 1. The van der Waals surface area contributed by atoms with Gasteiger partial charge in [-0.15, -0.1) is 0 Å². The highest BCUT2D eigenvalue weighted by Crippen LogP contribution is 2.27. The van der Waals surface area contributed by atoms with Crippen LogP contribution in [0.1, 0.15) is 49.1 Å². The number of carbonyl (C=O) groups excluding carboxylic acids is 1. The Bertz CT molecular complexity index is 668. The molecule has 1 unspecified atom stereocenters. The molecule has 132 valence electrons. The lowest BCUT2D eigenvalue weighted by Crippen LogP contribution is -2.34. The standard InChI is InChI=1S/C22H26FNO/c23-21-14-12-19(13-15-21)20-10-4-5-16-24(17-20)22(25)11-6-9-18-7-2-1-3-8-18/h1-3,7-8,12-15,20H,4-6,9-11,16-17H2. The van der Waals surface area contributed by atoms with Gasteiger partial charge in [0.05, 0.1) is 0 Å². The molecule has 1 aliphatic rings. The monoisotopic (exact) mass is 339 g/mol. The van der Waals surface area contributed by atoms with E-state index >= 15 is 0 Å². The summed E-state index contributed by atoms with van der Waals surface area (Å²) in [5.41, 5.74) is 2.43. The Kier molecular flexibility index (Phi) is 6.21. The fraction of sp³-hybridized carbons (Fsp3) is 0.409.